The van der Waals surface area contributed by atoms with Gasteiger partial charge in [-0.05, 0) is 43.7 Å². The number of nitrogens with two attached hydrogens (primary N) is 1. The largest absolute Gasteiger partial charge is 0.496 e. The Bertz CT molecular complexity index is 1070. The zero-order chi connectivity index (χ0) is 22.4. The van der Waals surface area contributed by atoms with Crippen molar-refractivity contribution in [2.75, 3.05) is 13.7 Å². The van der Waals surface area contributed by atoms with Gasteiger partial charge in [-0.3, -0.25) is 0 Å². The Labute approximate surface area is 181 Å². The van der Waals surface area contributed by atoms with Crippen LogP contribution in [0.5, 0.6) is 11.5 Å². The first-order chi connectivity index (χ1) is 15.0. The molecule has 2 aromatic rings. The number of benzene rings is 2. The minimum absolute atomic E-state index is 0.0315. The Balaban J connectivity index is 2.04. The highest BCUT2D eigenvalue weighted by molar-refractivity contribution is 5.92. The van der Waals surface area contributed by atoms with Gasteiger partial charge < -0.3 is 24.7 Å². The Kier molecular flexibility index (Phi) is 6.83. The number of nitrogens with zero attached hydrogens (tertiary/aromatic N) is 1. The molecule has 1 aliphatic rings. The Morgan fingerprint density at radius 1 is 1.23 bits per heavy atom. The number of rotatable bonds is 7. The van der Waals surface area contributed by atoms with Crippen LogP contribution in [0.15, 0.2) is 71.3 Å². The van der Waals surface area contributed by atoms with E-state index in [-0.39, 0.29) is 30.2 Å². The van der Waals surface area contributed by atoms with Crippen molar-refractivity contribution in [1.82, 2.24) is 0 Å². The lowest BCUT2D eigenvalue weighted by molar-refractivity contribution is -0.139. The number of carbonyl (C=O) groups is 1. The summed E-state index contributed by atoms with van der Waals surface area (Å²) in [6.07, 6.45) is 0. The summed E-state index contributed by atoms with van der Waals surface area (Å²) in [5.41, 5.74) is 7.80. The number of allylic oxidation sites excluding steroid dienone is 2. The minimum atomic E-state index is -0.723. The molecule has 0 saturated heterocycles. The molecular weight excluding hydrogens is 396 g/mol. The van der Waals surface area contributed by atoms with E-state index in [1.54, 1.807) is 33.1 Å². The molecule has 0 spiro atoms. The summed E-state index contributed by atoms with van der Waals surface area (Å²) in [6, 6.07) is 16.9. The van der Waals surface area contributed by atoms with Crippen molar-refractivity contribution in [2.45, 2.75) is 26.4 Å². The molecule has 1 aliphatic heterocycles. The molecule has 0 fully saturated rings. The third kappa shape index (κ3) is 4.64. The van der Waals surface area contributed by atoms with E-state index in [1.165, 1.54) is 0 Å². The third-order valence-corrected chi connectivity index (χ3v) is 4.88. The van der Waals surface area contributed by atoms with E-state index in [9.17, 15) is 10.1 Å². The van der Waals surface area contributed by atoms with Crippen LogP contribution in [0.3, 0.4) is 0 Å². The van der Waals surface area contributed by atoms with Crippen LogP contribution in [0, 0.1) is 11.3 Å². The molecule has 7 nitrogen and oxygen atoms in total. The second-order valence-electron chi connectivity index (χ2n) is 6.79. The first kappa shape index (κ1) is 21.8. The minimum Gasteiger partial charge on any atom is -0.496 e. The van der Waals surface area contributed by atoms with Crippen LogP contribution in [-0.4, -0.2) is 19.7 Å². The lowest BCUT2D eigenvalue weighted by Crippen LogP contribution is -2.25. The van der Waals surface area contributed by atoms with Crippen LogP contribution < -0.4 is 15.2 Å². The van der Waals surface area contributed by atoms with Gasteiger partial charge in [0, 0.05) is 5.56 Å². The molecule has 1 heterocycles. The average Bonchev–Trinajstić information content (AvgIpc) is 2.77. The SMILES string of the molecule is CCOC(=O)C1=C(C)OC(N)=C(C#N)[C@@H]1c1ccc(OC)c(COc2ccccc2)c1. The molecule has 7 heteroatoms. The number of esters is 1. The van der Waals surface area contributed by atoms with E-state index in [0.717, 1.165) is 5.56 Å². The molecule has 0 saturated carbocycles. The predicted octanol–water partition coefficient (Wildman–Crippen LogP) is 3.92. The summed E-state index contributed by atoms with van der Waals surface area (Å²) in [5.74, 6) is 0.336. The quantitative estimate of drug-likeness (QED) is 0.677. The number of carbonyl (C=O) groups excluding carboxylic acids is 1. The number of ether oxygens (including phenoxy) is 4. The standard InChI is InChI=1S/C24H24N2O5/c1-4-29-24(27)21-15(2)31-23(26)19(13-25)22(21)16-10-11-20(28-3)17(12-16)14-30-18-8-6-5-7-9-18/h5-12,22H,4,14,26H2,1-3H3/t22-/m0/s1. The maximum atomic E-state index is 12.7. The maximum Gasteiger partial charge on any atom is 0.338 e. The zero-order valence-corrected chi connectivity index (χ0v) is 17.7. The van der Waals surface area contributed by atoms with Gasteiger partial charge in [-0.15, -0.1) is 0 Å². The van der Waals surface area contributed by atoms with Gasteiger partial charge in [-0.2, -0.15) is 5.26 Å². The smallest absolute Gasteiger partial charge is 0.338 e. The lowest BCUT2D eigenvalue weighted by Gasteiger charge is -2.27. The van der Waals surface area contributed by atoms with Crippen molar-refractivity contribution in [3.63, 3.8) is 0 Å². The predicted molar refractivity (Wildman–Crippen MR) is 114 cm³/mol. The molecule has 160 valence electrons. The maximum absolute atomic E-state index is 12.7. The molecule has 31 heavy (non-hydrogen) atoms. The van der Waals surface area contributed by atoms with Crippen LogP contribution in [0.4, 0.5) is 0 Å². The van der Waals surface area contributed by atoms with Crippen LogP contribution in [-0.2, 0) is 20.9 Å². The van der Waals surface area contributed by atoms with Crippen molar-refractivity contribution in [2.24, 2.45) is 5.73 Å². The fourth-order valence-electron chi connectivity index (χ4n) is 3.46. The van der Waals surface area contributed by atoms with Gasteiger partial charge in [0.25, 0.3) is 0 Å². The monoisotopic (exact) mass is 420 g/mol. The second kappa shape index (κ2) is 9.72. The van der Waals surface area contributed by atoms with Crippen LogP contribution >= 0.6 is 0 Å². The normalized spacial score (nSPS) is 15.7. The van der Waals surface area contributed by atoms with E-state index in [2.05, 4.69) is 6.07 Å². The van der Waals surface area contributed by atoms with Gasteiger partial charge in [-0.25, -0.2) is 4.79 Å². The molecule has 0 amide bonds. The van der Waals surface area contributed by atoms with Crippen molar-refractivity contribution in [3.05, 3.63) is 82.4 Å². The average molecular weight is 420 g/mol. The highest BCUT2D eigenvalue weighted by Crippen LogP contribution is 2.40. The first-order valence-corrected chi connectivity index (χ1v) is 9.80. The molecule has 2 aromatic carbocycles. The lowest BCUT2D eigenvalue weighted by atomic mass is 9.82. The highest BCUT2D eigenvalue weighted by Gasteiger charge is 2.36. The van der Waals surface area contributed by atoms with Gasteiger partial charge in [-0.1, -0.05) is 24.3 Å². The fraction of sp³-hybridized carbons (Fsp3) is 0.250. The molecule has 1 atom stereocenters. The Morgan fingerprint density at radius 3 is 2.61 bits per heavy atom. The van der Waals surface area contributed by atoms with E-state index < -0.39 is 11.9 Å². The van der Waals surface area contributed by atoms with Crippen molar-refractivity contribution in [3.8, 4) is 17.6 Å². The molecule has 0 aromatic heterocycles. The van der Waals surface area contributed by atoms with E-state index in [0.29, 0.717) is 22.8 Å². The van der Waals surface area contributed by atoms with Crippen molar-refractivity contribution in [1.29, 1.82) is 5.26 Å². The molecule has 2 N–H and O–H groups in total. The van der Waals surface area contributed by atoms with Crippen LogP contribution in [0.1, 0.15) is 30.9 Å². The summed E-state index contributed by atoms with van der Waals surface area (Å²) in [5, 5.41) is 9.74. The van der Waals surface area contributed by atoms with Gasteiger partial charge in [0.05, 0.1) is 25.2 Å². The third-order valence-electron chi connectivity index (χ3n) is 4.88. The van der Waals surface area contributed by atoms with Crippen LogP contribution in [0.25, 0.3) is 0 Å². The molecule has 3 rings (SSSR count). The fourth-order valence-corrected chi connectivity index (χ4v) is 3.46. The van der Waals surface area contributed by atoms with Gasteiger partial charge in [0.1, 0.15) is 35.5 Å². The van der Waals surface area contributed by atoms with Crippen LogP contribution in [0.2, 0.25) is 0 Å². The number of hydrogen-bond donors (Lipinski definition) is 1. The molecule has 0 radical (unpaired) electrons. The Hall–Kier alpha value is -3.92. The number of methoxy groups -OCH3 is 1. The zero-order valence-electron chi connectivity index (χ0n) is 17.7. The Morgan fingerprint density at radius 2 is 1.97 bits per heavy atom. The summed E-state index contributed by atoms with van der Waals surface area (Å²) in [4.78, 5) is 12.7. The highest BCUT2D eigenvalue weighted by atomic mass is 16.5. The number of nitriles is 1. The topological polar surface area (TPSA) is 104 Å². The molecule has 0 unspecified atom stereocenters. The number of para-hydroxylation sites is 1. The van der Waals surface area contributed by atoms with E-state index in [1.807, 2.05) is 36.4 Å². The van der Waals surface area contributed by atoms with Crippen molar-refractivity contribution >= 4 is 5.97 Å². The summed E-state index contributed by atoms with van der Waals surface area (Å²) < 4.78 is 22.0. The number of hydrogen-bond acceptors (Lipinski definition) is 7. The molecule has 0 bridgehead atoms. The molecule has 0 aliphatic carbocycles. The second-order valence-corrected chi connectivity index (χ2v) is 6.79. The first-order valence-electron chi connectivity index (χ1n) is 9.80. The van der Waals surface area contributed by atoms with Gasteiger partial charge in [0.2, 0.25) is 5.88 Å². The van der Waals surface area contributed by atoms with Crippen molar-refractivity contribution < 1.29 is 23.7 Å². The van der Waals surface area contributed by atoms with E-state index >= 15 is 0 Å². The van der Waals surface area contributed by atoms with Gasteiger partial charge in [0.15, 0.2) is 0 Å². The molecular formula is C24H24N2O5. The summed E-state index contributed by atoms with van der Waals surface area (Å²) in [6.45, 7) is 3.78. The van der Waals surface area contributed by atoms with Gasteiger partial charge >= 0.3 is 5.97 Å². The summed E-state index contributed by atoms with van der Waals surface area (Å²) >= 11 is 0. The summed E-state index contributed by atoms with van der Waals surface area (Å²) in [7, 11) is 1.57. The van der Waals surface area contributed by atoms with E-state index in [4.69, 9.17) is 24.7 Å².